The largest absolute Gasteiger partial charge is 0.337 e. The van der Waals surface area contributed by atoms with E-state index in [0.29, 0.717) is 17.6 Å². The first-order chi connectivity index (χ1) is 9.61. The average molecular weight is 291 g/mol. The van der Waals surface area contributed by atoms with Crippen LogP contribution in [0.5, 0.6) is 0 Å². The molecular weight excluding hydrogens is 270 g/mol. The Bertz CT molecular complexity index is 536. The average Bonchev–Trinajstić information content (AvgIpc) is 2.94. The highest BCUT2D eigenvalue weighted by atomic mass is 32.2. The van der Waals surface area contributed by atoms with Crippen LogP contribution in [0.3, 0.4) is 0 Å². The summed E-state index contributed by atoms with van der Waals surface area (Å²) < 4.78 is 5.26. The summed E-state index contributed by atoms with van der Waals surface area (Å²) >= 11 is 1.76. The molecule has 20 heavy (non-hydrogen) atoms. The molecule has 4 nitrogen and oxygen atoms in total. The minimum atomic E-state index is -0.182. The molecule has 2 N–H and O–H groups in total. The lowest BCUT2D eigenvalue weighted by Crippen LogP contribution is -2.11. The maximum absolute atomic E-state index is 6.03. The number of thioether (sulfide) groups is 1. The monoisotopic (exact) mass is 291 g/mol. The highest BCUT2D eigenvalue weighted by molar-refractivity contribution is 7.98. The fourth-order valence-corrected chi connectivity index (χ4v) is 2.38. The number of hydrogen-bond donors (Lipinski definition) is 1. The van der Waals surface area contributed by atoms with Crippen molar-refractivity contribution in [2.45, 2.75) is 32.2 Å². The first kappa shape index (κ1) is 15.1. The summed E-state index contributed by atoms with van der Waals surface area (Å²) in [5.74, 6) is 2.63. The van der Waals surface area contributed by atoms with E-state index in [1.54, 1.807) is 11.8 Å². The molecule has 108 valence electrons. The van der Waals surface area contributed by atoms with Crippen molar-refractivity contribution in [2.24, 2.45) is 5.73 Å². The highest BCUT2D eigenvalue weighted by Gasteiger charge is 2.15. The Morgan fingerprint density at radius 1 is 1.25 bits per heavy atom. The molecular formula is C15H21N3OS. The van der Waals surface area contributed by atoms with Crippen LogP contribution in [0, 0.1) is 0 Å². The summed E-state index contributed by atoms with van der Waals surface area (Å²) in [5, 5.41) is 4.02. The number of aromatic nitrogens is 2. The molecule has 1 atom stereocenters. The van der Waals surface area contributed by atoms with E-state index in [1.807, 2.05) is 12.1 Å². The van der Waals surface area contributed by atoms with Crippen LogP contribution in [-0.4, -0.2) is 22.1 Å². The van der Waals surface area contributed by atoms with Crippen LogP contribution in [0.15, 0.2) is 28.8 Å². The molecule has 0 amide bonds. The Labute approximate surface area is 124 Å². The lowest BCUT2D eigenvalue weighted by molar-refractivity contribution is 0.353. The van der Waals surface area contributed by atoms with Gasteiger partial charge in [-0.1, -0.05) is 43.3 Å². The van der Waals surface area contributed by atoms with Crippen molar-refractivity contribution in [1.29, 1.82) is 0 Å². The molecule has 1 aromatic carbocycles. The van der Waals surface area contributed by atoms with Gasteiger partial charge >= 0.3 is 0 Å². The molecule has 1 heterocycles. The molecule has 2 rings (SSSR count). The molecule has 0 aliphatic carbocycles. The van der Waals surface area contributed by atoms with Gasteiger partial charge in [-0.15, -0.1) is 0 Å². The minimum Gasteiger partial charge on any atom is -0.337 e. The Balaban J connectivity index is 2.11. The Hall–Kier alpha value is -1.33. The van der Waals surface area contributed by atoms with Gasteiger partial charge in [0.2, 0.25) is 11.7 Å². The van der Waals surface area contributed by atoms with Crippen molar-refractivity contribution in [3.05, 3.63) is 35.7 Å². The molecule has 0 bridgehead atoms. The van der Waals surface area contributed by atoms with Gasteiger partial charge < -0.3 is 10.3 Å². The molecule has 0 fully saturated rings. The molecule has 5 heteroatoms. The smallest absolute Gasteiger partial charge is 0.243 e. The SMILES string of the molecule is CSCC[C@@H](N)c1nc(-c2ccc(C(C)C)cc2)no1. The molecule has 0 radical (unpaired) electrons. The Morgan fingerprint density at radius 3 is 2.55 bits per heavy atom. The molecule has 2 aromatic rings. The summed E-state index contributed by atoms with van der Waals surface area (Å²) in [6, 6.07) is 8.07. The van der Waals surface area contributed by atoms with Crippen LogP contribution in [-0.2, 0) is 0 Å². The summed E-state index contributed by atoms with van der Waals surface area (Å²) in [7, 11) is 0. The molecule has 0 spiro atoms. The van der Waals surface area contributed by atoms with Gasteiger partial charge in [-0.05, 0) is 29.9 Å². The van der Waals surface area contributed by atoms with Crippen molar-refractivity contribution in [2.75, 3.05) is 12.0 Å². The summed E-state index contributed by atoms with van der Waals surface area (Å²) in [6.07, 6.45) is 2.90. The van der Waals surface area contributed by atoms with Crippen LogP contribution in [0.2, 0.25) is 0 Å². The fraction of sp³-hybridized carbons (Fsp3) is 0.467. The van der Waals surface area contributed by atoms with E-state index in [1.165, 1.54) is 5.56 Å². The molecule has 0 saturated carbocycles. The lowest BCUT2D eigenvalue weighted by Gasteiger charge is -2.05. The summed E-state index contributed by atoms with van der Waals surface area (Å²) in [6.45, 7) is 4.35. The second-order valence-corrected chi connectivity index (χ2v) is 6.11. The van der Waals surface area contributed by atoms with E-state index >= 15 is 0 Å². The van der Waals surface area contributed by atoms with Gasteiger partial charge in [0, 0.05) is 5.56 Å². The number of nitrogens with two attached hydrogens (primary N) is 1. The standard InChI is InChI=1S/C15H21N3OS/c1-10(2)11-4-6-12(7-5-11)14-17-15(19-18-14)13(16)8-9-20-3/h4-7,10,13H,8-9,16H2,1-3H3/t13-/m1/s1. The van der Waals surface area contributed by atoms with Crippen molar-refractivity contribution < 1.29 is 4.52 Å². The molecule has 1 aromatic heterocycles. The lowest BCUT2D eigenvalue weighted by atomic mass is 10.0. The zero-order valence-electron chi connectivity index (χ0n) is 12.2. The van der Waals surface area contributed by atoms with E-state index < -0.39 is 0 Å². The van der Waals surface area contributed by atoms with Crippen molar-refractivity contribution in [3.63, 3.8) is 0 Å². The Morgan fingerprint density at radius 2 is 1.95 bits per heavy atom. The number of rotatable bonds is 6. The van der Waals surface area contributed by atoms with Crippen molar-refractivity contribution in [3.8, 4) is 11.4 Å². The molecule has 0 unspecified atom stereocenters. The quantitative estimate of drug-likeness (QED) is 0.880. The summed E-state index contributed by atoms with van der Waals surface area (Å²) in [4.78, 5) is 4.40. The van der Waals surface area contributed by atoms with Gasteiger partial charge in [0.05, 0.1) is 6.04 Å². The number of nitrogens with zero attached hydrogens (tertiary/aromatic N) is 2. The van der Waals surface area contributed by atoms with Crippen LogP contribution in [0.25, 0.3) is 11.4 Å². The van der Waals surface area contributed by atoms with Crippen LogP contribution >= 0.6 is 11.8 Å². The third-order valence-electron chi connectivity index (χ3n) is 3.23. The van der Waals surface area contributed by atoms with E-state index in [9.17, 15) is 0 Å². The predicted molar refractivity (Wildman–Crippen MR) is 83.8 cm³/mol. The van der Waals surface area contributed by atoms with Crippen molar-refractivity contribution >= 4 is 11.8 Å². The van der Waals surface area contributed by atoms with Gasteiger partial charge in [0.15, 0.2) is 0 Å². The maximum Gasteiger partial charge on any atom is 0.243 e. The van der Waals surface area contributed by atoms with Crippen LogP contribution < -0.4 is 5.73 Å². The topological polar surface area (TPSA) is 64.9 Å². The van der Waals surface area contributed by atoms with Gasteiger partial charge in [-0.2, -0.15) is 16.7 Å². The van der Waals surface area contributed by atoms with E-state index in [0.717, 1.165) is 17.7 Å². The normalized spacial score (nSPS) is 12.8. The van der Waals surface area contributed by atoms with Crippen molar-refractivity contribution in [1.82, 2.24) is 10.1 Å². The maximum atomic E-state index is 6.03. The Kier molecular flexibility index (Phi) is 5.20. The second kappa shape index (κ2) is 6.90. The third kappa shape index (κ3) is 3.61. The van der Waals surface area contributed by atoms with E-state index in [-0.39, 0.29) is 6.04 Å². The molecule has 0 saturated heterocycles. The summed E-state index contributed by atoms with van der Waals surface area (Å²) in [5.41, 5.74) is 8.29. The van der Waals surface area contributed by atoms with Crippen LogP contribution in [0.4, 0.5) is 0 Å². The minimum absolute atomic E-state index is 0.182. The van der Waals surface area contributed by atoms with E-state index in [2.05, 4.69) is 42.4 Å². The highest BCUT2D eigenvalue weighted by Crippen LogP contribution is 2.22. The van der Waals surface area contributed by atoms with Gasteiger partial charge in [0.25, 0.3) is 0 Å². The zero-order valence-corrected chi connectivity index (χ0v) is 13.0. The third-order valence-corrected chi connectivity index (χ3v) is 3.87. The van der Waals surface area contributed by atoms with Crippen LogP contribution in [0.1, 0.15) is 43.7 Å². The fourth-order valence-electron chi connectivity index (χ4n) is 1.89. The van der Waals surface area contributed by atoms with Gasteiger partial charge in [0.1, 0.15) is 0 Å². The van der Waals surface area contributed by atoms with E-state index in [4.69, 9.17) is 10.3 Å². The molecule has 0 aliphatic rings. The second-order valence-electron chi connectivity index (χ2n) is 5.12. The number of hydrogen-bond acceptors (Lipinski definition) is 5. The van der Waals surface area contributed by atoms with Gasteiger partial charge in [-0.3, -0.25) is 0 Å². The molecule has 0 aliphatic heterocycles. The first-order valence-electron chi connectivity index (χ1n) is 6.80. The first-order valence-corrected chi connectivity index (χ1v) is 8.19. The number of benzene rings is 1. The zero-order chi connectivity index (χ0) is 14.5. The van der Waals surface area contributed by atoms with Gasteiger partial charge in [-0.25, -0.2) is 0 Å². The predicted octanol–water partition coefficient (Wildman–Crippen LogP) is 3.61.